The van der Waals surface area contributed by atoms with Gasteiger partial charge in [0, 0.05) is 5.71 Å². The Morgan fingerprint density at radius 3 is 1.91 bits per heavy atom. The average Bonchev–Trinajstić information content (AvgIpc) is 2.88. The molecule has 4 heteroatoms. The minimum atomic E-state index is -0.527. The zero-order chi connectivity index (χ0) is 15.5. The van der Waals surface area contributed by atoms with Gasteiger partial charge in [-0.05, 0) is 18.1 Å². The summed E-state index contributed by atoms with van der Waals surface area (Å²) in [5.41, 5.74) is 2.37. The fraction of sp³-hybridized carbons (Fsp3) is 0.167. The fourth-order valence-corrected chi connectivity index (χ4v) is 2.62. The SMILES string of the molecule is CC1=NN(C(=O)C(c2ccccc2)c2ccccc2)C(=O)C1. The molecule has 22 heavy (non-hydrogen) atoms. The van der Waals surface area contributed by atoms with Crippen molar-refractivity contribution < 1.29 is 9.59 Å². The minimum Gasteiger partial charge on any atom is -0.272 e. The van der Waals surface area contributed by atoms with Gasteiger partial charge in [0.15, 0.2) is 0 Å². The number of hydrogen-bond acceptors (Lipinski definition) is 3. The quantitative estimate of drug-likeness (QED) is 0.873. The van der Waals surface area contributed by atoms with Crippen LogP contribution in [0.5, 0.6) is 0 Å². The van der Waals surface area contributed by atoms with Crippen LogP contribution in [0.1, 0.15) is 30.4 Å². The van der Waals surface area contributed by atoms with Gasteiger partial charge in [0.25, 0.3) is 11.8 Å². The Morgan fingerprint density at radius 2 is 1.50 bits per heavy atom. The highest BCUT2D eigenvalue weighted by Gasteiger charge is 2.34. The van der Waals surface area contributed by atoms with Crippen molar-refractivity contribution in [1.82, 2.24) is 5.01 Å². The molecule has 1 aliphatic heterocycles. The lowest BCUT2D eigenvalue weighted by Gasteiger charge is -2.20. The van der Waals surface area contributed by atoms with Gasteiger partial charge in [-0.25, -0.2) is 0 Å². The predicted molar refractivity (Wildman–Crippen MR) is 84.3 cm³/mol. The van der Waals surface area contributed by atoms with Crippen molar-refractivity contribution in [3.05, 3.63) is 71.8 Å². The maximum absolute atomic E-state index is 12.9. The molecular formula is C18H16N2O2. The molecule has 0 radical (unpaired) electrons. The molecule has 2 aromatic carbocycles. The van der Waals surface area contributed by atoms with Crippen molar-refractivity contribution in [2.75, 3.05) is 0 Å². The van der Waals surface area contributed by atoms with Gasteiger partial charge in [0.2, 0.25) is 0 Å². The molecule has 2 amide bonds. The molecule has 0 fully saturated rings. The molecule has 0 atom stereocenters. The van der Waals surface area contributed by atoms with E-state index in [9.17, 15) is 9.59 Å². The summed E-state index contributed by atoms with van der Waals surface area (Å²) in [6.45, 7) is 1.76. The molecule has 0 bridgehead atoms. The van der Waals surface area contributed by atoms with E-state index in [2.05, 4.69) is 5.10 Å². The third kappa shape index (κ3) is 2.68. The number of amides is 2. The lowest BCUT2D eigenvalue weighted by Crippen LogP contribution is -2.33. The standard InChI is InChI=1S/C18H16N2O2/c1-13-12-16(21)20(19-13)18(22)17(14-8-4-2-5-9-14)15-10-6-3-7-11-15/h2-11,17H,12H2,1H3. The third-order valence-electron chi connectivity index (χ3n) is 3.64. The van der Waals surface area contributed by atoms with Crippen LogP contribution < -0.4 is 0 Å². The maximum atomic E-state index is 12.9. The Kier molecular flexibility index (Phi) is 3.83. The second kappa shape index (κ2) is 5.93. The molecule has 0 unspecified atom stereocenters. The average molecular weight is 292 g/mol. The number of hydrazone groups is 1. The Hall–Kier alpha value is -2.75. The monoisotopic (exact) mass is 292 g/mol. The summed E-state index contributed by atoms with van der Waals surface area (Å²) in [5, 5.41) is 5.11. The number of carbonyl (C=O) groups excluding carboxylic acids is 2. The lowest BCUT2D eigenvalue weighted by molar-refractivity contribution is -0.143. The van der Waals surface area contributed by atoms with Crippen molar-refractivity contribution >= 4 is 17.5 Å². The molecule has 0 spiro atoms. The van der Waals surface area contributed by atoms with E-state index >= 15 is 0 Å². The van der Waals surface area contributed by atoms with Crippen molar-refractivity contribution in [3.63, 3.8) is 0 Å². The minimum absolute atomic E-state index is 0.210. The first-order valence-electron chi connectivity index (χ1n) is 7.17. The Bertz CT molecular complexity index is 684. The van der Waals surface area contributed by atoms with Crippen LogP contribution in [-0.4, -0.2) is 22.5 Å². The van der Waals surface area contributed by atoms with Gasteiger partial charge in [-0.15, -0.1) is 0 Å². The number of imide groups is 1. The molecular weight excluding hydrogens is 276 g/mol. The summed E-state index contributed by atoms with van der Waals surface area (Å²) in [6, 6.07) is 18.9. The summed E-state index contributed by atoms with van der Waals surface area (Å²) >= 11 is 0. The van der Waals surface area contributed by atoms with E-state index in [0.29, 0.717) is 5.71 Å². The predicted octanol–water partition coefficient (Wildman–Crippen LogP) is 2.95. The fourth-order valence-electron chi connectivity index (χ4n) is 2.62. The van der Waals surface area contributed by atoms with Crippen LogP contribution >= 0.6 is 0 Å². The van der Waals surface area contributed by atoms with Crippen LogP contribution in [0.25, 0.3) is 0 Å². The van der Waals surface area contributed by atoms with Crippen molar-refractivity contribution in [2.24, 2.45) is 5.10 Å². The molecule has 2 aromatic rings. The highest BCUT2D eigenvalue weighted by molar-refractivity contribution is 6.11. The summed E-state index contributed by atoms with van der Waals surface area (Å²) < 4.78 is 0. The van der Waals surface area contributed by atoms with E-state index in [4.69, 9.17) is 0 Å². The molecule has 0 aromatic heterocycles. The van der Waals surface area contributed by atoms with Crippen LogP contribution in [0.15, 0.2) is 65.8 Å². The summed E-state index contributed by atoms with van der Waals surface area (Å²) in [6.07, 6.45) is 0.210. The Morgan fingerprint density at radius 1 is 1.00 bits per heavy atom. The maximum Gasteiger partial charge on any atom is 0.261 e. The number of rotatable bonds is 3. The lowest BCUT2D eigenvalue weighted by atomic mass is 9.90. The Labute approximate surface area is 129 Å². The Balaban J connectivity index is 2.03. The van der Waals surface area contributed by atoms with Gasteiger partial charge in [0.1, 0.15) is 0 Å². The van der Waals surface area contributed by atoms with E-state index in [-0.39, 0.29) is 18.2 Å². The van der Waals surface area contributed by atoms with E-state index in [0.717, 1.165) is 16.1 Å². The van der Waals surface area contributed by atoms with Crippen LogP contribution in [0.2, 0.25) is 0 Å². The van der Waals surface area contributed by atoms with Crippen molar-refractivity contribution in [3.8, 4) is 0 Å². The molecule has 0 aliphatic carbocycles. The van der Waals surface area contributed by atoms with Crippen LogP contribution in [0, 0.1) is 0 Å². The first-order chi connectivity index (χ1) is 10.7. The molecule has 4 nitrogen and oxygen atoms in total. The molecule has 110 valence electrons. The second-order valence-corrected chi connectivity index (χ2v) is 5.31. The molecule has 0 N–H and O–H groups in total. The van der Waals surface area contributed by atoms with Crippen molar-refractivity contribution in [1.29, 1.82) is 0 Å². The highest BCUT2D eigenvalue weighted by Crippen LogP contribution is 2.28. The van der Waals surface area contributed by atoms with Crippen molar-refractivity contribution in [2.45, 2.75) is 19.3 Å². The molecule has 0 saturated carbocycles. The zero-order valence-corrected chi connectivity index (χ0v) is 12.3. The van der Waals surface area contributed by atoms with Gasteiger partial charge in [-0.2, -0.15) is 10.1 Å². The van der Waals surface area contributed by atoms with Gasteiger partial charge >= 0.3 is 0 Å². The summed E-state index contributed by atoms with van der Waals surface area (Å²) in [4.78, 5) is 24.9. The number of carbonyl (C=O) groups is 2. The van der Waals surface area contributed by atoms with Crippen LogP contribution in [0.4, 0.5) is 0 Å². The van der Waals surface area contributed by atoms with Gasteiger partial charge in [-0.1, -0.05) is 60.7 Å². The highest BCUT2D eigenvalue weighted by atomic mass is 16.2. The van der Waals surface area contributed by atoms with Gasteiger partial charge < -0.3 is 0 Å². The molecule has 1 heterocycles. The largest absolute Gasteiger partial charge is 0.272 e. The molecule has 0 saturated heterocycles. The van der Waals surface area contributed by atoms with Gasteiger partial charge in [-0.3, -0.25) is 9.59 Å². The smallest absolute Gasteiger partial charge is 0.261 e. The van der Waals surface area contributed by atoms with E-state index in [1.807, 2.05) is 60.7 Å². The molecule has 3 rings (SSSR count). The molecule has 1 aliphatic rings. The van der Waals surface area contributed by atoms with E-state index < -0.39 is 5.92 Å². The number of hydrogen-bond donors (Lipinski definition) is 0. The van der Waals surface area contributed by atoms with Crippen LogP contribution in [0.3, 0.4) is 0 Å². The van der Waals surface area contributed by atoms with Crippen LogP contribution in [-0.2, 0) is 9.59 Å². The first-order valence-corrected chi connectivity index (χ1v) is 7.17. The van der Waals surface area contributed by atoms with Gasteiger partial charge in [0.05, 0.1) is 12.3 Å². The van der Waals surface area contributed by atoms with E-state index in [1.54, 1.807) is 6.92 Å². The second-order valence-electron chi connectivity index (χ2n) is 5.31. The summed E-state index contributed by atoms with van der Waals surface area (Å²) in [5.74, 6) is -1.10. The first kappa shape index (κ1) is 14.2. The third-order valence-corrected chi connectivity index (χ3v) is 3.64. The zero-order valence-electron chi connectivity index (χ0n) is 12.3. The number of benzene rings is 2. The normalized spacial score (nSPS) is 14.4. The summed E-state index contributed by atoms with van der Waals surface area (Å²) in [7, 11) is 0. The number of nitrogens with zero attached hydrogens (tertiary/aromatic N) is 2. The van der Waals surface area contributed by atoms with E-state index in [1.165, 1.54) is 0 Å². The topological polar surface area (TPSA) is 49.7 Å².